The van der Waals surface area contributed by atoms with Crippen LogP contribution in [0.3, 0.4) is 0 Å². The molecule has 1 aliphatic heterocycles. The largest absolute Gasteiger partial charge is 0.298 e. The summed E-state index contributed by atoms with van der Waals surface area (Å²) in [6.07, 6.45) is 7.94. The van der Waals surface area contributed by atoms with Gasteiger partial charge in [-0.05, 0) is 24.9 Å². The van der Waals surface area contributed by atoms with Gasteiger partial charge in [-0.2, -0.15) is 0 Å². The molecule has 104 valence electrons. The van der Waals surface area contributed by atoms with Crippen molar-refractivity contribution < 1.29 is 0 Å². The topological polar surface area (TPSA) is 29.0 Å². The van der Waals surface area contributed by atoms with E-state index in [0.717, 1.165) is 19.6 Å². The van der Waals surface area contributed by atoms with E-state index < -0.39 is 0 Å². The van der Waals surface area contributed by atoms with Gasteiger partial charge in [-0.3, -0.25) is 4.90 Å². The first-order chi connectivity index (χ1) is 9.76. The average molecular weight is 267 g/mol. The lowest BCUT2D eigenvalue weighted by atomic mass is 9.76. The van der Waals surface area contributed by atoms with Crippen LogP contribution in [-0.2, 0) is 12.0 Å². The molecular weight excluding hydrogens is 246 g/mol. The van der Waals surface area contributed by atoms with Gasteiger partial charge >= 0.3 is 0 Å². The van der Waals surface area contributed by atoms with Crippen molar-refractivity contribution in [3.05, 3.63) is 60.2 Å². The van der Waals surface area contributed by atoms with Gasteiger partial charge in [-0.1, -0.05) is 37.3 Å². The molecule has 1 atom stereocenters. The first-order valence-corrected chi connectivity index (χ1v) is 7.28. The van der Waals surface area contributed by atoms with Gasteiger partial charge in [-0.15, -0.1) is 0 Å². The summed E-state index contributed by atoms with van der Waals surface area (Å²) in [7, 11) is 0. The molecule has 0 amide bonds. The van der Waals surface area contributed by atoms with Crippen molar-refractivity contribution in [1.29, 1.82) is 0 Å². The highest BCUT2D eigenvalue weighted by Gasteiger charge is 2.32. The van der Waals surface area contributed by atoms with Crippen LogP contribution >= 0.6 is 0 Å². The first-order valence-electron chi connectivity index (χ1n) is 7.28. The van der Waals surface area contributed by atoms with Gasteiger partial charge in [0, 0.05) is 36.5 Å². The van der Waals surface area contributed by atoms with E-state index >= 15 is 0 Å². The maximum Gasteiger partial charge on any atom is 0.115 e. The maximum atomic E-state index is 4.11. The van der Waals surface area contributed by atoms with Gasteiger partial charge in [0.15, 0.2) is 0 Å². The van der Waals surface area contributed by atoms with Gasteiger partial charge in [0.1, 0.15) is 6.33 Å². The van der Waals surface area contributed by atoms with Crippen LogP contribution in [0.15, 0.2) is 49.1 Å². The molecule has 2 aromatic rings. The molecule has 0 unspecified atom stereocenters. The Kier molecular flexibility index (Phi) is 3.79. The summed E-state index contributed by atoms with van der Waals surface area (Å²) in [5.74, 6) is 0. The number of hydrogen-bond donors (Lipinski definition) is 0. The molecule has 0 bridgehead atoms. The van der Waals surface area contributed by atoms with E-state index in [0.29, 0.717) is 0 Å². The van der Waals surface area contributed by atoms with E-state index in [2.05, 4.69) is 52.1 Å². The standard InChI is InChI=1S/C17H21N3/c1-17(16-6-3-2-4-7-16)8-5-9-20(13-17)12-15-10-18-14-19-11-15/h2-4,6-7,10-11,14H,5,8-9,12-13H2,1H3/t17-/m1/s1. The van der Waals surface area contributed by atoms with Gasteiger partial charge in [0.25, 0.3) is 0 Å². The third-order valence-corrected chi connectivity index (χ3v) is 4.27. The molecule has 3 nitrogen and oxygen atoms in total. The Morgan fingerprint density at radius 1 is 1.15 bits per heavy atom. The fourth-order valence-corrected chi connectivity index (χ4v) is 3.23. The number of hydrogen-bond acceptors (Lipinski definition) is 3. The fraction of sp³-hybridized carbons (Fsp3) is 0.412. The molecule has 0 radical (unpaired) electrons. The lowest BCUT2D eigenvalue weighted by Gasteiger charge is -2.41. The van der Waals surface area contributed by atoms with Crippen LogP contribution in [0.1, 0.15) is 30.9 Å². The number of benzene rings is 1. The minimum atomic E-state index is 0.259. The van der Waals surface area contributed by atoms with E-state index in [4.69, 9.17) is 0 Å². The second-order valence-electron chi connectivity index (χ2n) is 5.99. The van der Waals surface area contributed by atoms with Crippen LogP contribution in [0, 0.1) is 0 Å². The number of nitrogens with zero attached hydrogens (tertiary/aromatic N) is 3. The zero-order valence-corrected chi connectivity index (χ0v) is 12.0. The fourth-order valence-electron chi connectivity index (χ4n) is 3.23. The molecule has 2 heterocycles. The van der Waals surface area contributed by atoms with E-state index in [9.17, 15) is 0 Å². The Labute approximate surface area is 120 Å². The number of likely N-dealkylation sites (tertiary alicyclic amines) is 1. The Bertz CT molecular complexity index is 541. The van der Waals surface area contributed by atoms with Crippen molar-refractivity contribution in [2.75, 3.05) is 13.1 Å². The Morgan fingerprint density at radius 2 is 1.90 bits per heavy atom. The highest BCUT2D eigenvalue weighted by atomic mass is 15.1. The van der Waals surface area contributed by atoms with Gasteiger partial charge < -0.3 is 0 Å². The van der Waals surface area contributed by atoms with Gasteiger partial charge in [-0.25, -0.2) is 9.97 Å². The molecule has 1 aromatic carbocycles. The van der Waals surface area contributed by atoms with Crippen molar-refractivity contribution >= 4 is 0 Å². The monoisotopic (exact) mass is 267 g/mol. The van der Waals surface area contributed by atoms with E-state index in [1.807, 2.05) is 12.4 Å². The Hall–Kier alpha value is -1.74. The molecule has 0 N–H and O–H groups in total. The summed E-state index contributed by atoms with van der Waals surface area (Å²) in [4.78, 5) is 10.7. The summed E-state index contributed by atoms with van der Waals surface area (Å²) in [6.45, 7) is 5.60. The second-order valence-corrected chi connectivity index (χ2v) is 5.99. The average Bonchev–Trinajstić information content (AvgIpc) is 2.49. The first kappa shape index (κ1) is 13.3. The second kappa shape index (κ2) is 5.71. The third kappa shape index (κ3) is 2.88. The predicted octanol–water partition coefficient (Wildman–Crippen LogP) is 3.03. The van der Waals surface area contributed by atoms with Crippen LogP contribution in [0.2, 0.25) is 0 Å². The lowest BCUT2D eigenvalue weighted by molar-refractivity contribution is 0.149. The van der Waals surface area contributed by atoms with Crippen molar-refractivity contribution in [2.45, 2.75) is 31.7 Å². The van der Waals surface area contributed by atoms with Crippen LogP contribution in [0.25, 0.3) is 0 Å². The van der Waals surface area contributed by atoms with E-state index in [1.54, 1.807) is 6.33 Å². The normalized spacial score (nSPS) is 23.6. The van der Waals surface area contributed by atoms with Crippen molar-refractivity contribution in [3.63, 3.8) is 0 Å². The highest BCUT2D eigenvalue weighted by Crippen LogP contribution is 2.33. The summed E-state index contributed by atoms with van der Waals surface area (Å²) in [5, 5.41) is 0. The lowest BCUT2D eigenvalue weighted by Crippen LogP contribution is -2.43. The molecule has 1 aromatic heterocycles. The summed E-state index contributed by atoms with van der Waals surface area (Å²) < 4.78 is 0. The number of rotatable bonds is 3. The smallest absolute Gasteiger partial charge is 0.115 e. The van der Waals surface area contributed by atoms with Crippen molar-refractivity contribution in [3.8, 4) is 0 Å². The number of aromatic nitrogens is 2. The molecule has 1 aliphatic rings. The van der Waals surface area contributed by atoms with Gasteiger partial charge in [0.2, 0.25) is 0 Å². The van der Waals surface area contributed by atoms with Crippen LogP contribution in [0.4, 0.5) is 0 Å². The molecule has 1 saturated heterocycles. The quantitative estimate of drug-likeness (QED) is 0.856. The molecule has 0 saturated carbocycles. The Morgan fingerprint density at radius 3 is 2.65 bits per heavy atom. The maximum absolute atomic E-state index is 4.11. The predicted molar refractivity (Wildman–Crippen MR) is 80.3 cm³/mol. The highest BCUT2D eigenvalue weighted by molar-refractivity contribution is 5.25. The minimum absolute atomic E-state index is 0.259. The molecular formula is C17H21N3. The zero-order valence-electron chi connectivity index (χ0n) is 12.0. The van der Waals surface area contributed by atoms with E-state index in [1.165, 1.54) is 24.0 Å². The zero-order chi connectivity index (χ0) is 13.8. The molecule has 1 fully saturated rings. The third-order valence-electron chi connectivity index (χ3n) is 4.27. The molecule has 0 aliphatic carbocycles. The van der Waals surface area contributed by atoms with Crippen molar-refractivity contribution in [2.24, 2.45) is 0 Å². The van der Waals surface area contributed by atoms with Crippen LogP contribution in [-0.4, -0.2) is 28.0 Å². The van der Waals surface area contributed by atoms with E-state index in [-0.39, 0.29) is 5.41 Å². The van der Waals surface area contributed by atoms with Crippen LogP contribution < -0.4 is 0 Å². The molecule has 3 heteroatoms. The molecule has 3 rings (SSSR count). The van der Waals surface area contributed by atoms with Crippen molar-refractivity contribution in [1.82, 2.24) is 14.9 Å². The summed E-state index contributed by atoms with van der Waals surface area (Å²) >= 11 is 0. The summed E-state index contributed by atoms with van der Waals surface area (Å²) in [5.41, 5.74) is 2.91. The van der Waals surface area contributed by atoms with Gasteiger partial charge in [0.05, 0.1) is 0 Å². The number of piperidine rings is 1. The van der Waals surface area contributed by atoms with Crippen LogP contribution in [0.5, 0.6) is 0 Å². The Balaban J connectivity index is 1.73. The minimum Gasteiger partial charge on any atom is -0.298 e. The molecule has 20 heavy (non-hydrogen) atoms. The summed E-state index contributed by atoms with van der Waals surface area (Å²) in [6, 6.07) is 10.9. The SMILES string of the molecule is C[C@@]1(c2ccccc2)CCCN(Cc2cncnc2)C1. The molecule has 0 spiro atoms.